The van der Waals surface area contributed by atoms with Gasteiger partial charge in [-0.2, -0.15) is 0 Å². The van der Waals surface area contributed by atoms with Crippen LogP contribution in [0.15, 0.2) is 36.4 Å². The number of aliphatic hydroxyl groups is 1. The van der Waals surface area contributed by atoms with Gasteiger partial charge >= 0.3 is 5.97 Å². The quantitative estimate of drug-likeness (QED) is 0.566. The molecule has 0 aliphatic carbocycles. The van der Waals surface area contributed by atoms with Gasteiger partial charge in [-0.25, -0.2) is 4.79 Å². The number of aliphatic hydroxyl groups excluding tert-OH is 1. The third kappa shape index (κ3) is 7.36. The van der Waals surface area contributed by atoms with Gasteiger partial charge in [0.05, 0.1) is 27.4 Å². The molecule has 1 N–H and O–H groups in total. The van der Waals surface area contributed by atoms with E-state index in [0.717, 1.165) is 5.56 Å². The number of rotatable bonds is 10. The van der Waals surface area contributed by atoms with E-state index in [2.05, 4.69) is 0 Å². The van der Waals surface area contributed by atoms with Crippen molar-refractivity contribution in [3.05, 3.63) is 47.5 Å². The average molecular weight is 433 g/mol. The van der Waals surface area contributed by atoms with Crippen LogP contribution in [0.2, 0.25) is 0 Å². The van der Waals surface area contributed by atoms with E-state index in [0.29, 0.717) is 41.4 Å². The highest BCUT2D eigenvalue weighted by Crippen LogP contribution is 2.36. The Kier molecular flexibility index (Phi) is 8.56. The zero-order chi connectivity index (χ0) is 23.0. The van der Waals surface area contributed by atoms with Gasteiger partial charge < -0.3 is 28.8 Å². The van der Waals surface area contributed by atoms with Crippen LogP contribution >= 0.6 is 0 Å². The summed E-state index contributed by atoms with van der Waals surface area (Å²) in [5.74, 6) is 1.90. The van der Waals surface area contributed by atoms with E-state index in [-0.39, 0.29) is 6.61 Å². The van der Waals surface area contributed by atoms with Gasteiger partial charge in [0.1, 0.15) is 17.1 Å². The molecule has 0 aliphatic rings. The molecule has 1 atom stereocenters. The molecule has 0 aromatic heterocycles. The van der Waals surface area contributed by atoms with Crippen LogP contribution in [0, 0.1) is 0 Å². The number of benzene rings is 2. The SMILES string of the molecule is COc1cc(OC)c(OC)cc1CCC(O)c1cccc(OCC(=O)OC(C)(C)C)c1. The zero-order valence-corrected chi connectivity index (χ0v) is 19.1. The minimum absolute atomic E-state index is 0.195. The Hall–Kier alpha value is -2.93. The highest BCUT2D eigenvalue weighted by molar-refractivity contribution is 5.71. The lowest BCUT2D eigenvalue weighted by molar-refractivity contribution is -0.157. The minimum Gasteiger partial charge on any atom is -0.496 e. The van der Waals surface area contributed by atoms with Crippen molar-refractivity contribution in [2.45, 2.75) is 45.3 Å². The first-order chi connectivity index (χ1) is 14.7. The molecule has 0 fully saturated rings. The van der Waals surface area contributed by atoms with Gasteiger partial charge in [0.15, 0.2) is 18.1 Å². The third-order valence-electron chi connectivity index (χ3n) is 4.49. The molecule has 0 spiro atoms. The Balaban J connectivity index is 2.02. The number of ether oxygens (including phenoxy) is 5. The maximum absolute atomic E-state index is 11.8. The normalized spacial score (nSPS) is 12.1. The molecular formula is C24H32O7. The van der Waals surface area contributed by atoms with Crippen LogP contribution < -0.4 is 18.9 Å². The van der Waals surface area contributed by atoms with Gasteiger partial charge in [-0.15, -0.1) is 0 Å². The number of methoxy groups -OCH3 is 3. The second-order valence-corrected chi connectivity index (χ2v) is 8.02. The Labute approximate surface area is 183 Å². The van der Waals surface area contributed by atoms with Crippen molar-refractivity contribution in [3.8, 4) is 23.0 Å². The van der Waals surface area contributed by atoms with Crippen molar-refractivity contribution in [1.82, 2.24) is 0 Å². The molecule has 7 nitrogen and oxygen atoms in total. The molecule has 31 heavy (non-hydrogen) atoms. The lowest BCUT2D eigenvalue weighted by Gasteiger charge is -2.19. The second kappa shape index (κ2) is 10.9. The van der Waals surface area contributed by atoms with E-state index in [1.165, 1.54) is 0 Å². The largest absolute Gasteiger partial charge is 0.496 e. The summed E-state index contributed by atoms with van der Waals surface area (Å²) in [7, 11) is 4.73. The fourth-order valence-corrected chi connectivity index (χ4v) is 3.07. The highest BCUT2D eigenvalue weighted by atomic mass is 16.6. The molecule has 2 aromatic rings. The Bertz CT molecular complexity index is 871. The van der Waals surface area contributed by atoms with Crippen LogP contribution in [0.1, 0.15) is 44.4 Å². The molecule has 7 heteroatoms. The highest BCUT2D eigenvalue weighted by Gasteiger charge is 2.17. The molecular weight excluding hydrogens is 400 g/mol. The summed E-state index contributed by atoms with van der Waals surface area (Å²) >= 11 is 0. The summed E-state index contributed by atoms with van der Waals surface area (Å²) in [5.41, 5.74) is 1.03. The van der Waals surface area contributed by atoms with Gasteiger partial charge in [-0.05, 0) is 62.9 Å². The summed E-state index contributed by atoms with van der Waals surface area (Å²) in [4.78, 5) is 11.8. The maximum atomic E-state index is 11.8. The molecule has 0 amide bonds. The van der Waals surface area contributed by atoms with Crippen LogP contribution in [0.4, 0.5) is 0 Å². The van der Waals surface area contributed by atoms with Crippen LogP contribution in [-0.2, 0) is 16.0 Å². The number of aryl methyl sites for hydroxylation is 1. The minimum atomic E-state index is -0.720. The first-order valence-electron chi connectivity index (χ1n) is 10.1. The number of carbonyl (C=O) groups is 1. The summed E-state index contributed by atoms with van der Waals surface area (Å²) < 4.78 is 26.9. The van der Waals surface area contributed by atoms with Crippen molar-refractivity contribution in [3.63, 3.8) is 0 Å². The standard InChI is InChI=1S/C24H32O7/c1-24(2,3)31-23(26)15-30-18-9-7-8-16(12-18)19(25)11-10-17-13-21(28-5)22(29-6)14-20(17)27-4/h7-9,12-14,19,25H,10-11,15H2,1-6H3. The average Bonchev–Trinajstić information content (AvgIpc) is 2.74. The van der Waals surface area contributed by atoms with E-state index in [9.17, 15) is 9.90 Å². The second-order valence-electron chi connectivity index (χ2n) is 8.02. The summed E-state index contributed by atoms with van der Waals surface area (Å²) in [6.45, 7) is 5.21. The van der Waals surface area contributed by atoms with E-state index < -0.39 is 17.7 Å². The number of esters is 1. The van der Waals surface area contributed by atoms with Gasteiger partial charge in [0.25, 0.3) is 0 Å². The maximum Gasteiger partial charge on any atom is 0.344 e. The molecule has 0 saturated heterocycles. The van der Waals surface area contributed by atoms with Crippen molar-refractivity contribution in [1.29, 1.82) is 0 Å². The van der Waals surface area contributed by atoms with E-state index >= 15 is 0 Å². The molecule has 0 heterocycles. The van der Waals surface area contributed by atoms with Gasteiger partial charge in [0.2, 0.25) is 0 Å². The fraction of sp³-hybridized carbons (Fsp3) is 0.458. The lowest BCUT2D eigenvalue weighted by atomic mass is 10.00. The smallest absolute Gasteiger partial charge is 0.344 e. The van der Waals surface area contributed by atoms with Crippen LogP contribution in [-0.4, -0.2) is 44.6 Å². The summed E-state index contributed by atoms with van der Waals surface area (Å²) in [5, 5.41) is 10.7. The predicted octanol–water partition coefficient (Wildman–Crippen LogP) is 4.10. The first kappa shape index (κ1) is 24.3. The molecule has 0 aliphatic heterocycles. The summed E-state index contributed by atoms with van der Waals surface area (Å²) in [6.07, 6.45) is 0.303. The monoisotopic (exact) mass is 432 g/mol. The molecule has 1 unspecified atom stereocenters. The molecule has 170 valence electrons. The lowest BCUT2D eigenvalue weighted by Crippen LogP contribution is -2.27. The van der Waals surface area contributed by atoms with Crippen molar-refractivity contribution in [2.75, 3.05) is 27.9 Å². The number of hydrogen-bond acceptors (Lipinski definition) is 7. The van der Waals surface area contributed by atoms with Crippen LogP contribution in [0.5, 0.6) is 23.0 Å². The van der Waals surface area contributed by atoms with Crippen molar-refractivity contribution >= 4 is 5.97 Å². The molecule has 0 radical (unpaired) electrons. The van der Waals surface area contributed by atoms with Gasteiger partial charge in [-0.3, -0.25) is 0 Å². The van der Waals surface area contributed by atoms with E-state index in [1.807, 2.05) is 12.1 Å². The molecule has 2 rings (SSSR count). The number of hydrogen-bond donors (Lipinski definition) is 1. The topological polar surface area (TPSA) is 83.5 Å². The van der Waals surface area contributed by atoms with E-state index in [1.54, 1.807) is 66.4 Å². The van der Waals surface area contributed by atoms with E-state index in [4.69, 9.17) is 23.7 Å². The number of carbonyl (C=O) groups excluding carboxylic acids is 1. The van der Waals surface area contributed by atoms with Crippen molar-refractivity contribution < 1.29 is 33.6 Å². The van der Waals surface area contributed by atoms with Gasteiger partial charge in [-0.1, -0.05) is 12.1 Å². The Morgan fingerprint density at radius 2 is 1.61 bits per heavy atom. The zero-order valence-electron chi connectivity index (χ0n) is 19.1. The third-order valence-corrected chi connectivity index (χ3v) is 4.49. The first-order valence-corrected chi connectivity index (χ1v) is 10.1. The van der Waals surface area contributed by atoms with Crippen molar-refractivity contribution in [2.24, 2.45) is 0 Å². The molecule has 0 saturated carbocycles. The predicted molar refractivity (Wildman–Crippen MR) is 117 cm³/mol. The molecule has 0 bridgehead atoms. The fourth-order valence-electron chi connectivity index (χ4n) is 3.07. The van der Waals surface area contributed by atoms with Crippen LogP contribution in [0.25, 0.3) is 0 Å². The summed E-state index contributed by atoms with van der Waals surface area (Å²) in [6, 6.07) is 10.7. The van der Waals surface area contributed by atoms with Crippen LogP contribution in [0.3, 0.4) is 0 Å². The van der Waals surface area contributed by atoms with Gasteiger partial charge in [0, 0.05) is 6.07 Å². The Morgan fingerprint density at radius 3 is 2.23 bits per heavy atom. The Morgan fingerprint density at radius 1 is 0.968 bits per heavy atom. The molecule has 2 aromatic carbocycles.